The van der Waals surface area contributed by atoms with Gasteiger partial charge in [0, 0.05) is 6.42 Å². The van der Waals surface area contributed by atoms with Gasteiger partial charge in [-0.05, 0) is 26.2 Å². The minimum Gasteiger partial charge on any atom is -0.481 e. The molecule has 0 radical (unpaired) electrons. The highest BCUT2D eigenvalue weighted by Crippen LogP contribution is 2.03. The van der Waals surface area contributed by atoms with E-state index in [2.05, 4.69) is 26.6 Å². The molecule has 0 unspecified atom stereocenters. The van der Waals surface area contributed by atoms with Crippen LogP contribution in [0.3, 0.4) is 0 Å². The van der Waals surface area contributed by atoms with Crippen molar-refractivity contribution in [3.63, 3.8) is 0 Å². The molecule has 0 saturated carbocycles. The zero-order valence-corrected chi connectivity index (χ0v) is 22.1. The zero-order chi connectivity index (χ0) is 30.4. The van der Waals surface area contributed by atoms with Gasteiger partial charge >= 0.3 is 11.9 Å². The predicted molar refractivity (Wildman–Crippen MR) is 132 cm³/mol. The fraction of sp³-hybridized carbons (Fsp3) is 0.682. The molecule has 0 aliphatic carbocycles. The molecule has 39 heavy (non-hydrogen) atoms. The van der Waals surface area contributed by atoms with Crippen molar-refractivity contribution < 1.29 is 54.0 Å². The Morgan fingerprint density at radius 3 is 1.82 bits per heavy atom. The predicted octanol–water partition coefficient (Wildman–Crippen LogP) is -4.63. The van der Waals surface area contributed by atoms with E-state index in [9.17, 15) is 48.9 Å². The summed E-state index contributed by atoms with van der Waals surface area (Å²) in [6.45, 7) is 4.02. The molecule has 17 heteroatoms. The lowest BCUT2D eigenvalue weighted by molar-refractivity contribution is -0.143. The Balaban J connectivity index is 5.06. The van der Waals surface area contributed by atoms with Crippen molar-refractivity contribution in [2.45, 2.75) is 76.8 Å². The maximum Gasteiger partial charge on any atom is 0.326 e. The molecule has 5 amide bonds. The topological polar surface area (TPSA) is 287 Å². The number of carboxylic acid groups (broad SMARTS) is 2. The molecule has 11 N–H and O–H groups in total. The molecule has 0 fully saturated rings. The first-order valence-electron chi connectivity index (χ1n) is 12.0. The van der Waals surface area contributed by atoms with E-state index in [1.54, 1.807) is 13.8 Å². The van der Waals surface area contributed by atoms with Gasteiger partial charge in [-0.2, -0.15) is 0 Å². The standard InChI is InChI=1S/C22H38N6O11/c1-9(2)17(22(38)39)28-18(34)10(3)25-20(36)13(8-29)26-14(31)7-24-19(35)12(5-6-15(32)33)27-21(37)16(23)11(4)30/h9-13,16-17,29-30H,5-8,23H2,1-4H3,(H,24,35)(H,25,36)(H,26,31)(H,27,37)(H,28,34)(H,32,33)(H,38,39)/t10-,11+,12-,13-,16-,17-/m0/s1. The van der Waals surface area contributed by atoms with Crippen molar-refractivity contribution in [1.82, 2.24) is 26.6 Å². The van der Waals surface area contributed by atoms with Crippen LogP contribution in [0.15, 0.2) is 0 Å². The number of carbonyl (C=O) groups is 7. The number of nitrogens with two attached hydrogens (primary N) is 1. The molecule has 222 valence electrons. The summed E-state index contributed by atoms with van der Waals surface area (Å²) < 4.78 is 0. The number of rotatable bonds is 17. The largest absolute Gasteiger partial charge is 0.481 e. The van der Waals surface area contributed by atoms with E-state index in [4.69, 9.17) is 10.8 Å². The molecule has 0 rings (SSSR count). The summed E-state index contributed by atoms with van der Waals surface area (Å²) in [7, 11) is 0. The summed E-state index contributed by atoms with van der Waals surface area (Å²) in [4.78, 5) is 83.6. The molecule has 17 nitrogen and oxygen atoms in total. The number of aliphatic carboxylic acids is 2. The highest BCUT2D eigenvalue weighted by atomic mass is 16.4. The smallest absolute Gasteiger partial charge is 0.326 e. The van der Waals surface area contributed by atoms with Crippen LogP contribution < -0.4 is 32.3 Å². The average molecular weight is 563 g/mol. The summed E-state index contributed by atoms with van der Waals surface area (Å²) in [5, 5.41) is 47.9. The summed E-state index contributed by atoms with van der Waals surface area (Å²) in [5.74, 6) is -7.61. The molecule has 0 spiro atoms. The normalized spacial score (nSPS) is 15.5. The van der Waals surface area contributed by atoms with Crippen molar-refractivity contribution >= 4 is 41.5 Å². The van der Waals surface area contributed by atoms with E-state index in [0.717, 1.165) is 0 Å². The third-order valence-corrected chi connectivity index (χ3v) is 5.34. The number of nitrogens with one attached hydrogen (secondary N) is 5. The highest BCUT2D eigenvalue weighted by Gasteiger charge is 2.29. The monoisotopic (exact) mass is 562 g/mol. The first-order chi connectivity index (χ1) is 18.0. The van der Waals surface area contributed by atoms with Gasteiger partial charge in [0.15, 0.2) is 0 Å². The van der Waals surface area contributed by atoms with Crippen molar-refractivity contribution in [2.24, 2.45) is 11.7 Å². The third-order valence-electron chi connectivity index (χ3n) is 5.34. The van der Waals surface area contributed by atoms with Crippen LogP contribution in [0.2, 0.25) is 0 Å². The number of carbonyl (C=O) groups excluding carboxylic acids is 5. The van der Waals surface area contributed by atoms with Crippen LogP contribution in [0.1, 0.15) is 40.5 Å². The van der Waals surface area contributed by atoms with Crippen LogP contribution in [-0.2, 0) is 33.6 Å². The van der Waals surface area contributed by atoms with Crippen LogP contribution in [-0.4, -0.2) is 111 Å². The second-order valence-corrected chi connectivity index (χ2v) is 9.08. The second kappa shape index (κ2) is 16.9. The molecule has 0 saturated heterocycles. The van der Waals surface area contributed by atoms with Crippen molar-refractivity contribution in [2.75, 3.05) is 13.2 Å². The highest BCUT2D eigenvalue weighted by molar-refractivity contribution is 5.95. The van der Waals surface area contributed by atoms with Crippen molar-refractivity contribution in [3.8, 4) is 0 Å². The Hall–Kier alpha value is -3.83. The molecule has 0 aromatic carbocycles. The summed E-state index contributed by atoms with van der Waals surface area (Å²) in [6, 6.07) is -6.79. The molecular weight excluding hydrogens is 524 g/mol. The van der Waals surface area contributed by atoms with Gasteiger partial charge in [0.05, 0.1) is 19.3 Å². The fourth-order valence-corrected chi connectivity index (χ4v) is 2.93. The minimum atomic E-state index is -1.54. The average Bonchev–Trinajstić information content (AvgIpc) is 2.84. The number of aliphatic hydroxyl groups is 2. The van der Waals surface area contributed by atoms with Crippen LogP contribution in [0.5, 0.6) is 0 Å². The SMILES string of the molecule is CC(C)[C@H](NC(=O)[C@H](C)NC(=O)[C@H](CO)NC(=O)CNC(=O)[C@H](CCC(=O)O)NC(=O)[C@@H](N)[C@@H](C)O)C(=O)O. The molecule has 0 heterocycles. The van der Waals surface area contributed by atoms with Gasteiger partial charge in [0.25, 0.3) is 0 Å². The van der Waals surface area contributed by atoms with Crippen molar-refractivity contribution in [1.29, 1.82) is 0 Å². The number of aliphatic hydroxyl groups excluding tert-OH is 2. The van der Waals surface area contributed by atoms with E-state index in [-0.39, 0.29) is 6.42 Å². The van der Waals surface area contributed by atoms with Gasteiger partial charge < -0.3 is 52.7 Å². The second-order valence-electron chi connectivity index (χ2n) is 9.08. The first-order valence-corrected chi connectivity index (χ1v) is 12.0. The molecule has 0 aromatic heterocycles. The van der Waals surface area contributed by atoms with E-state index in [1.165, 1.54) is 13.8 Å². The Bertz CT molecular complexity index is 911. The number of amides is 5. The van der Waals surface area contributed by atoms with E-state index in [1.807, 2.05) is 0 Å². The van der Waals surface area contributed by atoms with Gasteiger partial charge in [0.2, 0.25) is 29.5 Å². The Morgan fingerprint density at radius 2 is 1.36 bits per heavy atom. The number of carboxylic acids is 2. The zero-order valence-electron chi connectivity index (χ0n) is 22.1. The first kappa shape index (κ1) is 35.2. The van der Waals surface area contributed by atoms with Crippen molar-refractivity contribution in [3.05, 3.63) is 0 Å². The maximum atomic E-state index is 12.5. The van der Waals surface area contributed by atoms with E-state index >= 15 is 0 Å². The van der Waals surface area contributed by atoms with Gasteiger partial charge in [-0.15, -0.1) is 0 Å². The summed E-state index contributed by atoms with van der Waals surface area (Å²) in [6.07, 6.45) is -2.14. The molecule has 0 aliphatic rings. The van der Waals surface area contributed by atoms with Crippen LogP contribution in [0, 0.1) is 5.92 Å². The molecule has 0 bridgehead atoms. The third kappa shape index (κ3) is 13.0. The summed E-state index contributed by atoms with van der Waals surface area (Å²) in [5.41, 5.74) is 5.50. The van der Waals surface area contributed by atoms with E-state index < -0.39 is 103 Å². The number of hydrogen-bond acceptors (Lipinski definition) is 10. The molecule has 6 atom stereocenters. The lowest BCUT2D eigenvalue weighted by atomic mass is 10.0. The number of hydrogen-bond donors (Lipinski definition) is 10. The van der Waals surface area contributed by atoms with Gasteiger partial charge in [0.1, 0.15) is 30.2 Å². The van der Waals surface area contributed by atoms with Crippen LogP contribution >= 0.6 is 0 Å². The maximum absolute atomic E-state index is 12.5. The lowest BCUT2D eigenvalue weighted by Crippen LogP contribution is -2.57. The molecular formula is C22H38N6O11. The Kier molecular flexibility index (Phi) is 15.2. The van der Waals surface area contributed by atoms with Gasteiger partial charge in [-0.25, -0.2) is 4.79 Å². The summed E-state index contributed by atoms with van der Waals surface area (Å²) >= 11 is 0. The lowest BCUT2D eigenvalue weighted by Gasteiger charge is -2.23. The van der Waals surface area contributed by atoms with Gasteiger partial charge in [-0.1, -0.05) is 13.8 Å². The quantitative estimate of drug-likeness (QED) is 0.0801. The Labute approximate surface area is 224 Å². The Morgan fingerprint density at radius 1 is 0.769 bits per heavy atom. The minimum absolute atomic E-state index is 0.359. The molecule has 0 aromatic rings. The van der Waals surface area contributed by atoms with Crippen LogP contribution in [0.4, 0.5) is 0 Å². The van der Waals surface area contributed by atoms with E-state index in [0.29, 0.717) is 0 Å². The van der Waals surface area contributed by atoms with Crippen LogP contribution in [0.25, 0.3) is 0 Å². The molecule has 0 aliphatic heterocycles. The van der Waals surface area contributed by atoms with Gasteiger partial charge in [-0.3, -0.25) is 28.8 Å². The fourth-order valence-electron chi connectivity index (χ4n) is 2.93.